The number of aromatic nitrogens is 1. The number of hydrogen-bond donors (Lipinski definition) is 2. The molecule has 0 aromatic carbocycles. The summed E-state index contributed by atoms with van der Waals surface area (Å²) in [6.45, 7) is 0. The topological polar surface area (TPSA) is 77.8 Å². The molecule has 0 fully saturated rings. The van der Waals surface area contributed by atoms with Crippen molar-refractivity contribution in [2.45, 2.75) is 12.5 Å². The Morgan fingerprint density at radius 1 is 1.91 bits per heavy atom. The Hall–Kier alpha value is -0.940. The predicted molar refractivity (Wildman–Crippen MR) is 40.1 cm³/mol. The van der Waals surface area contributed by atoms with Gasteiger partial charge in [0.1, 0.15) is 0 Å². The van der Waals surface area contributed by atoms with Crippen LogP contribution in [0.3, 0.4) is 0 Å². The van der Waals surface area contributed by atoms with Gasteiger partial charge in [-0.25, -0.2) is 9.78 Å². The number of rotatable bonds is 3. The van der Waals surface area contributed by atoms with Crippen LogP contribution in [0.4, 0.5) is 0 Å². The minimum atomic E-state index is -0.877. The molecule has 1 aromatic rings. The molecule has 1 atom stereocenters. The smallest absolute Gasteiger partial charge is 0.362 e. The predicted octanol–water partition coefficient (Wildman–Crippen LogP) is -0.619. The van der Waals surface area contributed by atoms with E-state index in [1.807, 2.05) is 5.38 Å². The van der Waals surface area contributed by atoms with E-state index >= 15 is 0 Å². The van der Waals surface area contributed by atoms with E-state index in [4.69, 9.17) is 5.11 Å². The lowest BCUT2D eigenvalue weighted by atomic mass is 10.2. The van der Waals surface area contributed by atoms with Gasteiger partial charge in [-0.3, -0.25) is 0 Å². The van der Waals surface area contributed by atoms with Crippen LogP contribution in [0.5, 0.6) is 0 Å². The second-order valence-corrected chi connectivity index (χ2v) is 2.94. The third-order valence-corrected chi connectivity index (χ3v) is 1.92. The van der Waals surface area contributed by atoms with Gasteiger partial charge in [-0.1, -0.05) is 0 Å². The molecule has 60 valence electrons. The van der Waals surface area contributed by atoms with E-state index in [1.165, 1.54) is 11.3 Å². The average Bonchev–Trinajstić information content (AvgIpc) is 2.39. The van der Waals surface area contributed by atoms with Crippen molar-refractivity contribution in [1.29, 1.82) is 0 Å². The van der Waals surface area contributed by atoms with E-state index in [9.17, 15) is 4.79 Å². The van der Waals surface area contributed by atoms with Crippen LogP contribution in [-0.2, 0) is 11.2 Å². The second kappa shape index (κ2) is 3.45. The minimum Gasteiger partial charge on any atom is -0.477 e. The van der Waals surface area contributed by atoms with E-state index in [-0.39, 0.29) is 0 Å². The number of nitrogens with zero attached hydrogens (tertiary/aromatic N) is 1. The Morgan fingerprint density at radius 2 is 2.64 bits per heavy atom. The van der Waals surface area contributed by atoms with Crippen LogP contribution >= 0.6 is 11.3 Å². The lowest BCUT2D eigenvalue weighted by Crippen LogP contribution is -2.65. The summed E-state index contributed by atoms with van der Waals surface area (Å²) in [7, 11) is 0. The van der Waals surface area contributed by atoms with Gasteiger partial charge in [0.15, 0.2) is 6.04 Å². The van der Waals surface area contributed by atoms with Gasteiger partial charge in [0.2, 0.25) is 0 Å². The first-order chi connectivity index (χ1) is 5.20. The first-order valence-corrected chi connectivity index (χ1v) is 4.07. The van der Waals surface area contributed by atoms with Gasteiger partial charge in [0.25, 0.3) is 0 Å². The Bertz CT molecular complexity index is 235. The van der Waals surface area contributed by atoms with Crippen LogP contribution < -0.4 is 5.73 Å². The maximum atomic E-state index is 10.3. The lowest BCUT2D eigenvalue weighted by molar-refractivity contribution is -0.407. The maximum absolute atomic E-state index is 10.3. The molecule has 0 aliphatic carbocycles. The Morgan fingerprint density at radius 3 is 3.09 bits per heavy atom. The van der Waals surface area contributed by atoms with E-state index < -0.39 is 12.0 Å². The molecule has 0 amide bonds. The first-order valence-electron chi connectivity index (χ1n) is 3.13. The van der Waals surface area contributed by atoms with Gasteiger partial charge >= 0.3 is 5.97 Å². The highest BCUT2D eigenvalue weighted by Gasteiger charge is 2.16. The van der Waals surface area contributed by atoms with Crippen molar-refractivity contribution < 1.29 is 15.6 Å². The highest BCUT2D eigenvalue weighted by Crippen LogP contribution is 2.02. The van der Waals surface area contributed by atoms with Crippen LogP contribution in [-0.4, -0.2) is 22.1 Å². The van der Waals surface area contributed by atoms with Crippen LogP contribution in [0.2, 0.25) is 0 Å². The Balaban J connectivity index is 2.50. The van der Waals surface area contributed by atoms with Crippen LogP contribution in [0.15, 0.2) is 10.9 Å². The lowest BCUT2D eigenvalue weighted by Gasteiger charge is -1.98. The summed E-state index contributed by atoms with van der Waals surface area (Å²) in [6.07, 6.45) is 0.416. The monoisotopic (exact) mass is 173 g/mol. The average molecular weight is 173 g/mol. The first kappa shape index (κ1) is 8.16. The van der Waals surface area contributed by atoms with Crippen molar-refractivity contribution in [3.8, 4) is 0 Å². The third-order valence-electron chi connectivity index (χ3n) is 1.29. The fraction of sp³-hybridized carbons (Fsp3) is 0.333. The number of aliphatic carboxylic acids is 1. The quantitative estimate of drug-likeness (QED) is 0.639. The number of quaternary nitrogens is 1. The van der Waals surface area contributed by atoms with Crippen molar-refractivity contribution in [2.24, 2.45) is 0 Å². The van der Waals surface area contributed by atoms with Crippen molar-refractivity contribution >= 4 is 17.3 Å². The molecule has 0 aliphatic heterocycles. The van der Waals surface area contributed by atoms with E-state index in [0.717, 1.165) is 5.69 Å². The zero-order valence-electron chi connectivity index (χ0n) is 5.86. The Labute approximate surface area is 67.7 Å². The highest BCUT2D eigenvalue weighted by atomic mass is 32.1. The fourth-order valence-electron chi connectivity index (χ4n) is 0.678. The van der Waals surface area contributed by atoms with Gasteiger partial charge in [-0.15, -0.1) is 11.3 Å². The number of carboxylic acid groups (broad SMARTS) is 1. The summed E-state index contributed by atoms with van der Waals surface area (Å²) in [5, 5.41) is 10.3. The van der Waals surface area contributed by atoms with Gasteiger partial charge < -0.3 is 10.8 Å². The Kier molecular flexibility index (Phi) is 2.56. The second-order valence-electron chi connectivity index (χ2n) is 2.22. The van der Waals surface area contributed by atoms with E-state index in [1.54, 1.807) is 5.51 Å². The van der Waals surface area contributed by atoms with Crippen LogP contribution in [0.25, 0.3) is 0 Å². The molecule has 0 bridgehead atoms. The summed E-state index contributed by atoms with van der Waals surface area (Å²) in [6, 6.07) is -0.586. The molecule has 1 aromatic heterocycles. The summed E-state index contributed by atoms with van der Waals surface area (Å²) >= 11 is 1.46. The molecule has 0 aliphatic rings. The molecule has 4 nitrogen and oxygen atoms in total. The molecule has 5 heteroatoms. The fourth-order valence-corrected chi connectivity index (χ4v) is 1.25. The largest absolute Gasteiger partial charge is 0.477 e. The van der Waals surface area contributed by atoms with Gasteiger partial charge in [0, 0.05) is 5.38 Å². The van der Waals surface area contributed by atoms with Crippen LogP contribution in [0, 0.1) is 0 Å². The molecule has 0 saturated carbocycles. The molecule has 0 unspecified atom stereocenters. The highest BCUT2D eigenvalue weighted by molar-refractivity contribution is 7.07. The van der Waals surface area contributed by atoms with Crippen molar-refractivity contribution in [3.63, 3.8) is 0 Å². The van der Waals surface area contributed by atoms with Crippen molar-refractivity contribution in [2.75, 3.05) is 0 Å². The molecule has 0 radical (unpaired) electrons. The molecule has 11 heavy (non-hydrogen) atoms. The third kappa shape index (κ3) is 2.28. The summed E-state index contributed by atoms with van der Waals surface area (Å²) < 4.78 is 0. The zero-order chi connectivity index (χ0) is 8.27. The molecule has 0 spiro atoms. The molecule has 1 rings (SSSR count). The number of carbonyl (C=O) groups is 1. The zero-order valence-corrected chi connectivity index (χ0v) is 6.67. The minimum absolute atomic E-state index is 0.416. The van der Waals surface area contributed by atoms with Crippen LogP contribution in [0.1, 0.15) is 5.69 Å². The van der Waals surface area contributed by atoms with Crippen molar-refractivity contribution in [1.82, 2.24) is 4.98 Å². The van der Waals surface area contributed by atoms with E-state index in [0.29, 0.717) is 6.42 Å². The van der Waals surface area contributed by atoms with Crippen molar-refractivity contribution in [3.05, 3.63) is 16.6 Å². The summed E-state index contributed by atoms with van der Waals surface area (Å²) in [5.41, 5.74) is 5.97. The SMILES string of the molecule is [NH3+][C@@H](Cc1cscn1)C(=O)O. The maximum Gasteiger partial charge on any atom is 0.362 e. The van der Waals surface area contributed by atoms with Gasteiger partial charge in [0.05, 0.1) is 17.6 Å². The van der Waals surface area contributed by atoms with Gasteiger partial charge in [-0.05, 0) is 0 Å². The number of hydrogen-bond acceptors (Lipinski definition) is 3. The number of carboxylic acids is 1. The molecule has 0 saturated heterocycles. The normalized spacial score (nSPS) is 12.8. The molecule has 4 N–H and O–H groups in total. The molecule has 1 heterocycles. The molecular formula is C6H9N2O2S+. The molecular weight excluding hydrogens is 164 g/mol. The summed E-state index contributed by atoms with van der Waals surface area (Å²) in [4.78, 5) is 14.3. The van der Waals surface area contributed by atoms with E-state index in [2.05, 4.69) is 10.7 Å². The standard InChI is InChI=1S/C6H8N2O2S/c7-5(6(9)10)1-4-2-11-3-8-4/h2-3,5H,1,7H2,(H,9,10)/p+1/t5-/m0/s1. The summed E-state index contributed by atoms with van der Waals surface area (Å²) in [5.74, 6) is -0.877. The number of thiazole rings is 1. The van der Waals surface area contributed by atoms with Gasteiger partial charge in [-0.2, -0.15) is 0 Å².